The molecule has 0 aliphatic carbocycles. The van der Waals surface area contributed by atoms with Gasteiger partial charge in [-0.3, -0.25) is 4.98 Å². The molecular weight excluding hydrogens is 314 g/mol. The molecule has 0 aliphatic rings. The van der Waals surface area contributed by atoms with Gasteiger partial charge in [-0.25, -0.2) is 0 Å². The Morgan fingerprint density at radius 3 is 2.78 bits per heavy atom. The highest BCUT2D eigenvalue weighted by Gasteiger charge is 2.09. The van der Waals surface area contributed by atoms with Gasteiger partial charge >= 0.3 is 0 Å². The van der Waals surface area contributed by atoms with Crippen molar-refractivity contribution in [1.82, 2.24) is 4.98 Å². The molecule has 18 heavy (non-hydrogen) atoms. The average molecular weight is 324 g/mol. The third kappa shape index (κ3) is 2.83. The second-order valence-electron chi connectivity index (χ2n) is 3.39. The highest BCUT2D eigenvalue weighted by Crippen LogP contribution is 2.34. The number of aromatic nitrogens is 1. The van der Waals surface area contributed by atoms with Crippen molar-refractivity contribution in [1.29, 1.82) is 0 Å². The number of amidine groups is 1. The van der Waals surface area contributed by atoms with Crippen LogP contribution < -0.4 is 5.73 Å². The summed E-state index contributed by atoms with van der Waals surface area (Å²) in [6.45, 7) is 0. The van der Waals surface area contributed by atoms with Crippen LogP contribution in [0.25, 0.3) is 0 Å². The van der Waals surface area contributed by atoms with Crippen molar-refractivity contribution < 1.29 is 5.21 Å². The van der Waals surface area contributed by atoms with Gasteiger partial charge in [-0.1, -0.05) is 29.1 Å². The number of halogens is 1. The quantitative estimate of drug-likeness (QED) is 0.394. The van der Waals surface area contributed by atoms with Crippen LogP contribution in [0.5, 0.6) is 0 Å². The molecule has 0 atom stereocenters. The minimum absolute atomic E-state index is 0.0759. The van der Waals surface area contributed by atoms with E-state index in [2.05, 4.69) is 26.1 Å². The van der Waals surface area contributed by atoms with Crippen LogP contribution in [0, 0.1) is 0 Å². The molecule has 0 radical (unpaired) electrons. The fourth-order valence-corrected chi connectivity index (χ4v) is 2.85. The normalized spacial score (nSPS) is 11.5. The minimum Gasteiger partial charge on any atom is -0.409 e. The molecule has 6 heteroatoms. The minimum atomic E-state index is 0.0759. The van der Waals surface area contributed by atoms with E-state index in [4.69, 9.17) is 10.9 Å². The predicted molar refractivity (Wildman–Crippen MR) is 75.0 cm³/mol. The molecule has 0 fully saturated rings. The molecule has 1 aromatic heterocycles. The van der Waals surface area contributed by atoms with Gasteiger partial charge in [-0.2, -0.15) is 0 Å². The average Bonchev–Trinajstić information content (AvgIpc) is 2.41. The van der Waals surface area contributed by atoms with Gasteiger partial charge in [0.25, 0.3) is 0 Å². The van der Waals surface area contributed by atoms with Crippen LogP contribution in [0.2, 0.25) is 0 Å². The van der Waals surface area contributed by atoms with Crippen molar-refractivity contribution in [2.75, 3.05) is 0 Å². The standard InChI is InChI=1S/C12H10BrN3OS/c13-9-3-1-2-4-10(9)18-11-7-15-6-5-8(11)12(14)16-17/h1-7,17H,(H2,14,16). The molecule has 3 N–H and O–H groups in total. The first-order chi connectivity index (χ1) is 8.72. The molecule has 0 spiro atoms. The number of rotatable bonds is 3. The zero-order chi connectivity index (χ0) is 13.0. The Balaban J connectivity index is 2.38. The fourth-order valence-electron chi connectivity index (χ4n) is 1.37. The van der Waals surface area contributed by atoms with E-state index in [0.29, 0.717) is 5.56 Å². The molecule has 0 aliphatic heterocycles. The Morgan fingerprint density at radius 2 is 2.06 bits per heavy atom. The lowest BCUT2D eigenvalue weighted by atomic mass is 10.2. The SMILES string of the molecule is NC(=NO)c1ccncc1Sc1ccccc1Br. The number of pyridine rings is 1. The van der Waals surface area contributed by atoms with Gasteiger partial charge in [-0.15, -0.1) is 0 Å². The second kappa shape index (κ2) is 5.88. The van der Waals surface area contributed by atoms with Crippen LogP contribution >= 0.6 is 27.7 Å². The van der Waals surface area contributed by atoms with E-state index < -0.39 is 0 Å². The van der Waals surface area contributed by atoms with E-state index in [1.807, 2.05) is 24.3 Å². The number of nitrogens with two attached hydrogens (primary N) is 1. The summed E-state index contributed by atoms with van der Waals surface area (Å²) in [4.78, 5) is 5.93. The van der Waals surface area contributed by atoms with Gasteiger partial charge in [0.15, 0.2) is 5.84 Å². The van der Waals surface area contributed by atoms with Crippen LogP contribution in [0.4, 0.5) is 0 Å². The van der Waals surface area contributed by atoms with Crippen molar-refractivity contribution in [2.45, 2.75) is 9.79 Å². The summed E-state index contributed by atoms with van der Waals surface area (Å²) in [5, 5.41) is 11.8. The Bertz CT molecular complexity index is 589. The van der Waals surface area contributed by atoms with Crippen molar-refractivity contribution in [3.05, 3.63) is 52.8 Å². The number of oxime groups is 1. The smallest absolute Gasteiger partial charge is 0.171 e. The zero-order valence-electron chi connectivity index (χ0n) is 9.25. The Hall–Kier alpha value is -1.53. The maximum atomic E-state index is 8.76. The summed E-state index contributed by atoms with van der Waals surface area (Å²) in [5.74, 6) is 0.0759. The fraction of sp³-hybridized carbons (Fsp3) is 0. The maximum Gasteiger partial charge on any atom is 0.171 e. The van der Waals surface area contributed by atoms with Crippen LogP contribution in [-0.2, 0) is 0 Å². The summed E-state index contributed by atoms with van der Waals surface area (Å²) >= 11 is 4.98. The Morgan fingerprint density at radius 1 is 1.28 bits per heavy atom. The van der Waals surface area contributed by atoms with Crippen molar-refractivity contribution in [3.63, 3.8) is 0 Å². The Labute approximate surface area is 117 Å². The first kappa shape index (κ1) is 12.9. The lowest BCUT2D eigenvalue weighted by Gasteiger charge is -2.08. The number of hydrogen-bond donors (Lipinski definition) is 2. The van der Waals surface area contributed by atoms with Gasteiger partial charge in [0.05, 0.1) is 0 Å². The van der Waals surface area contributed by atoms with E-state index in [1.165, 1.54) is 11.8 Å². The van der Waals surface area contributed by atoms with E-state index in [-0.39, 0.29) is 5.84 Å². The molecular formula is C12H10BrN3OS. The topological polar surface area (TPSA) is 71.5 Å². The first-order valence-electron chi connectivity index (χ1n) is 5.06. The lowest BCUT2D eigenvalue weighted by Crippen LogP contribution is -2.14. The van der Waals surface area contributed by atoms with Crippen LogP contribution in [-0.4, -0.2) is 16.0 Å². The molecule has 0 unspecified atom stereocenters. The summed E-state index contributed by atoms with van der Waals surface area (Å²) in [6.07, 6.45) is 3.30. The molecule has 0 amide bonds. The molecule has 1 heterocycles. The van der Waals surface area contributed by atoms with Crippen LogP contribution in [0.1, 0.15) is 5.56 Å². The van der Waals surface area contributed by atoms with Gasteiger partial charge in [0.1, 0.15) is 0 Å². The number of benzene rings is 1. The summed E-state index contributed by atoms with van der Waals surface area (Å²) < 4.78 is 0.990. The molecule has 0 bridgehead atoms. The van der Waals surface area contributed by atoms with Crippen molar-refractivity contribution in [3.8, 4) is 0 Å². The molecule has 2 rings (SSSR count). The van der Waals surface area contributed by atoms with Crippen molar-refractivity contribution >= 4 is 33.5 Å². The van der Waals surface area contributed by atoms with Crippen LogP contribution in [0.15, 0.2) is 62.1 Å². The molecule has 2 aromatic rings. The maximum absolute atomic E-state index is 8.76. The Kier molecular flexibility index (Phi) is 4.22. The third-order valence-electron chi connectivity index (χ3n) is 2.22. The van der Waals surface area contributed by atoms with E-state index in [9.17, 15) is 0 Å². The van der Waals surface area contributed by atoms with E-state index in [0.717, 1.165) is 14.3 Å². The van der Waals surface area contributed by atoms with Gasteiger partial charge in [0.2, 0.25) is 0 Å². The summed E-state index contributed by atoms with van der Waals surface area (Å²) in [7, 11) is 0. The summed E-state index contributed by atoms with van der Waals surface area (Å²) in [5.41, 5.74) is 6.29. The molecule has 1 aromatic carbocycles. The molecule has 92 valence electrons. The largest absolute Gasteiger partial charge is 0.409 e. The summed E-state index contributed by atoms with van der Waals surface area (Å²) in [6, 6.07) is 9.56. The van der Waals surface area contributed by atoms with Gasteiger partial charge in [0, 0.05) is 32.2 Å². The molecule has 4 nitrogen and oxygen atoms in total. The number of hydrogen-bond acceptors (Lipinski definition) is 4. The van der Waals surface area contributed by atoms with E-state index >= 15 is 0 Å². The molecule has 0 saturated carbocycles. The van der Waals surface area contributed by atoms with E-state index in [1.54, 1.807) is 18.5 Å². The molecule has 0 saturated heterocycles. The predicted octanol–water partition coefficient (Wildman–Crippen LogP) is 3.09. The van der Waals surface area contributed by atoms with Crippen LogP contribution in [0.3, 0.4) is 0 Å². The highest BCUT2D eigenvalue weighted by atomic mass is 79.9. The third-order valence-corrected chi connectivity index (χ3v) is 4.30. The van der Waals surface area contributed by atoms with Gasteiger partial charge < -0.3 is 10.9 Å². The zero-order valence-corrected chi connectivity index (χ0v) is 11.6. The lowest BCUT2D eigenvalue weighted by molar-refractivity contribution is 0.318. The monoisotopic (exact) mass is 323 g/mol. The first-order valence-corrected chi connectivity index (χ1v) is 6.67. The van der Waals surface area contributed by atoms with Crippen molar-refractivity contribution in [2.24, 2.45) is 10.9 Å². The second-order valence-corrected chi connectivity index (χ2v) is 5.33. The number of nitrogens with zero attached hydrogens (tertiary/aromatic N) is 2. The highest BCUT2D eigenvalue weighted by molar-refractivity contribution is 9.10. The van der Waals surface area contributed by atoms with Gasteiger partial charge in [-0.05, 0) is 34.1 Å².